The molecular weight excluding hydrogens is 771 g/mol. The zero-order valence-electron chi connectivity index (χ0n) is 33.5. The normalized spacial score (nSPS) is 13.7. The predicted molar refractivity (Wildman–Crippen MR) is 225 cm³/mol. The quantitative estimate of drug-likeness (QED) is 0.0728. The van der Waals surface area contributed by atoms with E-state index in [2.05, 4.69) is 44.2 Å². The van der Waals surface area contributed by atoms with Gasteiger partial charge in [-0.25, -0.2) is 9.78 Å². The highest BCUT2D eigenvalue weighted by Gasteiger charge is 2.34. The number of anilines is 1. The van der Waals surface area contributed by atoms with Gasteiger partial charge >= 0.3 is 5.97 Å². The number of thioether (sulfide) groups is 1. The Morgan fingerprint density at radius 3 is 2.02 bits per heavy atom. The number of aliphatic carboxylic acids is 1. The minimum atomic E-state index is -1.17. The van der Waals surface area contributed by atoms with E-state index in [4.69, 9.17) is 4.42 Å². The Balaban J connectivity index is 1.53. The number of oxazole rings is 1. The van der Waals surface area contributed by atoms with Gasteiger partial charge in [0.25, 0.3) is 5.91 Å². The van der Waals surface area contributed by atoms with E-state index < -0.39 is 65.6 Å². The number of carboxylic acids is 1. The second kappa shape index (κ2) is 22.6. The molecule has 57 heavy (non-hydrogen) atoms. The molecule has 310 valence electrons. The number of hydrogen-bond donors (Lipinski definition) is 7. The summed E-state index contributed by atoms with van der Waals surface area (Å²) in [6.07, 6.45) is 4.07. The molecule has 0 spiro atoms. The minimum Gasteiger partial charge on any atom is -0.480 e. The Bertz CT molecular complexity index is 1820. The number of carboxylic acid groups (broad SMARTS) is 1. The van der Waals surface area contributed by atoms with Gasteiger partial charge in [0.2, 0.25) is 29.5 Å². The lowest BCUT2D eigenvalue weighted by Crippen LogP contribution is -2.60. The standard InChI is InChI=1S/C40H55N7O8S2/c1-8-24(4)34(38(52)44-29(40(53)54)18-20-57-7)46-37(51)33(23(2)3)45-36(50)30(22-56)43-32(48)17-19-41-35(49)26-9-11-27(12-10-26)39-42-21-31(55-39)25-13-15-28(16-14-25)47(5)6/h9-16,21,23-24,29-30,33-34,56H,8,17-20,22H2,1-7H3,(H,41,49)(H,43,48)(H,44,52)(H,45,50)(H,46,51)(H,53,54)/t24-,29-,30-,33-,34-/m0/s1. The van der Waals surface area contributed by atoms with Crippen molar-refractivity contribution in [2.24, 2.45) is 11.8 Å². The zero-order chi connectivity index (χ0) is 42.2. The molecule has 0 aliphatic carbocycles. The Hall–Kier alpha value is -5.03. The van der Waals surface area contributed by atoms with Gasteiger partial charge in [-0.3, -0.25) is 24.0 Å². The third-order valence-corrected chi connectivity index (χ3v) is 10.3. The van der Waals surface area contributed by atoms with E-state index in [1.807, 2.05) is 56.4 Å². The van der Waals surface area contributed by atoms with E-state index in [9.17, 15) is 33.9 Å². The lowest BCUT2D eigenvalue weighted by Gasteiger charge is -2.29. The summed E-state index contributed by atoms with van der Waals surface area (Å²) in [6.45, 7) is 7.02. The predicted octanol–water partition coefficient (Wildman–Crippen LogP) is 3.60. The van der Waals surface area contributed by atoms with Crippen LogP contribution in [0.25, 0.3) is 22.8 Å². The maximum atomic E-state index is 13.5. The highest BCUT2D eigenvalue weighted by atomic mass is 32.2. The van der Waals surface area contributed by atoms with Gasteiger partial charge in [-0.05, 0) is 78.8 Å². The van der Waals surface area contributed by atoms with Crippen LogP contribution in [0.5, 0.6) is 0 Å². The molecule has 0 radical (unpaired) electrons. The van der Waals surface area contributed by atoms with Gasteiger partial charge in [0.05, 0.1) is 6.20 Å². The first-order valence-corrected chi connectivity index (χ1v) is 20.8. The number of carbonyl (C=O) groups is 6. The van der Waals surface area contributed by atoms with Crippen molar-refractivity contribution in [3.05, 3.63) is 60.3 Å². The highest BCUT2D eigenvalue weighted by Crippen LogP contribution is 2.27. The lowest BCUT2D eigenvalue weighted by atomic mass is 9.96. The van der Waals surface area contributed by atoms with Crippen LogP contribution in [0.4, 0.5) is 5.69 Å². The SMILES string of the molecule is CC[C@H](C)[C@H](NC(=O)[C@@H](NC(=O)[C@H](CS)NC(=O)CCNC(=O)c1ccc(-c2ncc(-c3ccc(N(C)C)cc3)o2)cc1)C(C)C)C(=O)N[C@@H](CCSC)C(=O)O. The fourth-order valence-electron chi connectivity index (χ4n) is 5.57. The number of hydrogen-bond acceptors (Lipinski definition) is 11. The van der Waals surface area contributed by atoms with Crippen molar-refractivity contribution in [3.63, 3.8) is 0 Å². The Kier molecular flexibility index (Phi) is 18.4. The fourth-order valence-corrected chi connectivity index (χ4v) is 6.30. The molecule has 0 saturated heterocycles. The van der Waals surface area contributed by atoms with E-state index in [-0.39, 0.29) is 31.1 Å². The Morgan fingerprint density at radius 1 is 0.842 bits per heavy atom. The average Bonchev–Trinajstić information content (AvgIpc) is 3.69. The third kappa shape index (κ3) is 13.8. The lowest BCUT2D eigenvalue weighted by molar-refractivity contribution is -0.142. The van der Waals surface area contributed by atoms with Gasteiger partial charge in [0.1, 0.15) is 24.2 Å². The summed E-state index contributed by atoms with van der Waals surface area (Å²) < 4.78 is 5.96. The average molecular weight is 826 g/mol. The van der Waals surface area contributed by atoms with Crippen molar-refractivity contribution in [1.82, 2.24) is 31.6 Å². The molecule has 1 aromatic heterocycles. The third-order valence-electron chi connectivity index (χ3n) is 9.31. The first-order valence-electron chi connectivity index (χ1n) is 18.7. The highest BCUT2D eigenvalue weighted by molar-refractivity contribution is 7.98. The van der Waals surface area contributed by atoms with Crippen LogP contribution in [0.2, 0.25) is 0 Å². The molecule has 0 bridgehead atoms. The van der Waals surface area contributed by atoms with Gasteiger partial charge in [0, 0.05) is 55.2 Å². The summed E-state index contributed by atoms with van der Waals surface area (Å²) in [4.78, 5) is 83.7. The van der Waals surface area contributed by atoms with Gasteiger partial charge in [-0.15, -0.1) is 0 Å². The van der Waals surface area contributed by atoms with Crippen LogP contribution < -0.4 is 31.5 Å². The van der Waals surface area contributed by atoms with Crippen LogP contribution in [0.3, 0.4) is 0 Å². The Labute approximate surface area is 343 Å². The Morgan fingerprint density at radius 2 is 1.46 bits per heavy atom. The molecule has 6 N–H and O–H groups in total. The summed E-state index contributed by atoms with van der Waals surface area (Å²) in [5.74, 6) is -3.33. The van der Waals surface area contributed by atoms with Gasteiger partial charge in [-0.2, -0.15) is 24.4 Å². The number of nitrogens with one attached hydrogen (secondary N) is 5. The number of carbonyl (C=O) groups excluding carboxylic acids is 5. The molecule has 3 aromatic rings. The van der Waals surface area contributed by atoms with Crippen molar-refractivity contribution in [2.45, 2.75) is 71.1 Å². The van der Waals surface area contributed by atoms with Crippen LogP contribution in [0.15, 0.2) is 59.1 Å². The minimum absolute atomic E-state index is 0.0147. The number of thiol groups is 1. The summed E-state index contributed by atoms with van der Waals surface area (Å²) in [7, 11) is 3.93. The van der Waals surface area contributed by atoms with Crippen molar-refractivity contribution < 1.29 is 38.3 Å². The van der Waals surface area contributed by atoms with Crippen LogP contribution in [-0.4, -0.2) is 108 Å². The molecule has 0 saturated carbocycles. The molecule has 2 aromatic carbocycles. The van der Waals surface area contributed by atoms with Crippen molar-refractivity contribution in [2.75, 3.05) is 43.3 Å². The zero-order valence-corrected chi connectivity index (χ0v) is 35.2. The largest absolute Gasteiger partial charge is 0.480 e. The van der Waals surface area contributed by atoms with Crippen LogP contribution in [-0.2, 0) is 24.0 Å². The van der Waals surface area contributed by atoms with Crippen LogP contribution >= 0.6 is 24.4 Å². The number of amides is 5. The topological polar surface area (TPSA) is 212 Å². The maximum Gasteiger partial charge on any atom is 0.326 e. The van der Waals surface area contributed by atoms with Crippen molar-refractivity contribution in [3.8, 4) is 22.8 Å². The molecule has 1 heterocycles. The first-order chi connectivity index (χ1) is 27.1. The molecule has 3 rings (SSSR count). The second-order valence-corrected chi connectivity index (χ2v) is 15.5. The maximum absolute atomic E-state index is 13.5. The molecule has 5 atom stereocenters. The van der Waals surface area contributed by atoms with E-state index in [1.54, 1.807) is 51.2 Å². The molecule has 0 aliphatic heterocycles. The molecule has 0 unspecified atom stereocenters. The number of nitrogens with zero attached hydrogens (tertiary/aromatic N) is 2. The van der Waals surface area contributed by atoms with Crippen LogP contribution in [0.1, 0.15) is 57.3 Å². The van der Waals surface area contributed by atoms with Gasteiger partial charge in [0.15, 0.2) is 5.76 Å². The van der Waals surface area contributed by atoms with E-state index in [0.717, 1.165) is 11.3 Å². The molecule has 0 aliphatic rings. The summed E-state index contributed by atoms with van der Waals surface area (Å²) >= 11 is 5.68. The monoisotopic (exact) mass is 825 g/mol. The van der Waals surface area contributed by atoms with E-state index in [0.29, 0.717) is 35.0 Å². The van der Waals surface area contributed by atoms with Crippen molar-refractivity contribution in [1.29, 1.82) is 0 Å². The van der Waals surface area contributed by atoms with E-state index >= 15 is 0 Å². The number of aromatic nitrogens is 1. The molecule has 15 nitrogen and oxygen atoms in total. The van der Waals surface area contributed by atoms with Crippen LogP contribution in [0, 0.1) is 11.8 Å². The van der Waals surface area contributed by atoms with Gasteiger partial charge in [-0.1, -0.05) is 34.1 Å². The van der Waals surface area contributed by atoms with E-state index in [1.165, 1.54) is 11.8 Å². The molecular formula is C40H55N7O8S2. The van der Waals surface area contributed by atoms with Crippen molar-refractivity contribution >= 4 is 65.6 Å². The summed E-state index contributed by atoms with van der Waals surface area (Å²) in [5, 5.41) is 22.8. The first kappa shape index (κ1) is 46.4. The molecule has 0 fully saturated rings. The molecule has 5 amide bonds. The molecule has 17 heteroatoms. The number of benzene rings is 2. The second-order valence-electron chi connectivity index (χ2n) is 14.1. The smallest absolute Gasteiger partial charge is 0.326 e. The fraction of sp³-hybridized carbons (Fsp3) is 0.475. The summed E-state index contributed by atoms with van der Waals surface area (Å²) in [6, 6.07) is 10.2. The van der Waals surface area contributed by atoms with Gasteiger partial charge < -0.3 is 41.0 Å². The summed E-state index contributed by atoms with van der Waals surface area (Å²) in [5.41, 5.74) is 2.99. The number of rotatable bonds is 22.